The van der Waals surface area contributed by atoms with Gasteiger partial charge in [-0.2, -0.15) is 4.80 Å². The summed E-state index contributed by atoms with van der Waals surface area (Å²) in [6, 6.07) is 0.849. The van der Waals surface area contributed by atoms with Crippen LogP contribution in [0.5, 0.6) is 0 Å². The van der Waals surface area contributed by atoms with Crippen LogP contribution in [0.25, 0.3) is 0 Å². The third-order valence-corrected chi connectivity index (χ3v) is 2.15. The standard InChI is InChI=1S/C9H11N7O3/c1-4-3-5(6(10-4)7(17)18)11-9(19)12-8-13-15-16(2)14-8/h3,10H,1-2H3,(H,17,18)(H2,11,12,14,19). The Balaban J connectivity index is 2.08. The highest BCUT2D eigenvalue weighted by Crippen LogP contribution is 2.16. The molecule has 10 nitrogen and oxygen atoms in total. The number of hydrogen-bond donors (Lipinski definition) is 4. The zero-order chi connectivity index (χ0) is 14.0. The smallest absolute Gasteiger partial charge is 0.354 e. The van der Waals surface area contributed by atoms with Crippen LogP contribution in [0.1, 0.15) is 16.2 Å². The molecule has 0 saturated heterocycles. The Kier molecular flexibility index (Phi) is 3.14. The van der Waals surface area contributed by atoms with Crippen LogP contribution in [0.15, 0.2) is 6.07 Å². The van der Waals surface area contributed by atoms with E-state index in [9.17, 15) is 9.59 Å². The fourth-order valence-electron chi connectivity index (χ4n) is 1.45. The number of nitrogens with zero attached hydrogens (tertiary/aromatic N) is 4. The van der Waals surface area contributed by atoms with Crippen LogP contribution < -0.4 is 10.6 Å². The third kappa shape index (κ3) is 2.86. The lowest BCUT2D eigenvalue weighted by Gasteiger charge is -2.03. The molecule has 0 aliphatic rings. The third-order valence-electron chi connectivity index (χ3n) is 2.15. The molecule has 2 heterocycles. The van der Waals surface area contributed by atoms with Crippen molar-refractivity contribution < 1.29 is 14.7 Å². The topological polar surface area (TPSA) is 138 Å². The van der Waals surface area contributed by atoms with Crippen molar-refractivity contribution in [2.24, 2.45) is 7.05 Å². The monoisotopic (exact) mass is 265 g/mol. The molecule has 0 spiro atoms. The lowest BCUT2D eigenvalue weighted by atomic mass is 10.3. The molecule has 2 aromatic rings. The van der Waals surface area contributed by atoms with Crippen molar-refractivity contribution in [1.29, 1.82) is 0 Å². The molecule has 0 aromatic carbocycles. The number of nitrogens with one attached hydrogen (secondary N) is 3. The second-order valence-electron chi connectivity index (χ2n) is 3.73. The predicted octanol–water partition coefficient (Wildman–Crippen LogP) is 0.189. The maximum absolute atomic E-state index is 11.6. The van der Waals surface area contributed by atoms with Gasteiger partial charge in [-0.1, -0.05) is 5.10 Å². The Morgan fingerprint density at radius 3 is 2.74 bits per heavy atom. The quantitative estimate of drug-likeness (QED) is 0.625. The van der Waals surface area contributed by atoms with Gasteiger partial charge in [-0.15, -0.1) is 5.10 Å². The molecule has 0 atom stereocenters. The fourth-order valence-corrected chi connectivity index (χ4v) is 1.45. The first-order chi connectivity index (χ1) is 8.95. The molecule has 100 valence electrons. The van der Waals surface area contributed by atoms with Gasteiger partial charge in [0.2, 0.25) is 0 Å². The van der Waals surface area contributed by atoms with Crippen LogP contribution >= 0.6 is 0 Å². The number of hydrogen-bond acceptors (Lipinski definition) is 5. The van der Waals surface area contributed by atoms with E-state index in [4.69, 9.17) is 5.11 Å². The van der Waals surface area contributed by atoms with Gasteiger partial charge in [0.1, 0.15) is 5.69 Å². The van der Waals surface area contributed by atoms with Gasteiger partial charge in [-0.05, 0) is 18.2 Å². The van der Waals surface area contributed by atoms with Crippen LogP contribution in [0, 0.1) is 6.92 Å². The van der Waals surface area contributed by atoms with Crippen molar-refractivity contribution in [2.75, 3.05) is 10.6 Å². The SMILES string of the molecule is Cc1cc(NC(=O)Nc2nnn(C)n2)c(C(=O)O)[nH]1. The van der Waals surface area contributed by atoms with E-state index in [1.54, 1.807) is 14.0 Å². The Morgan fingerprint density at radius 1 is 1.42 bits per heavy atom. The summed E-state index contributed by atoms with van der Waals surface area (Å²) in [5.41, 5.74) is 0.677. The van der Waals surface area contributed by atoms with Gasteiger partial charge in [0.25, 0.3) is 5.95 Å². The number of aromatic nitrogens is 5. The van der Waals surface area contributed by atoms with Crippen LogP contribution in [0.4, 0.5) is 16.4 Å². The van der Waals surface area contributed by atoms with Gasteiger partial charge in [-0.3, -0.25) is 5.32 Å². The van der Waals surface area contributed by atoms with E-state index in [1.807, 2.05) is 0 Å². The van der Waals surface area contributed by atoms with E-state index in [1.165, 1.54) is 10.9 Å². The normalized spacial score (nSPS) is 10.2. The summed E-state index contributed by atoms with van der Waals surface area (Å²) < 4.78 is 0. The van der Waals surface area contributed by atoms with Crippen molar-refractivity contribution in [3.05, 3.63) is 17.5 Å². The molecule has 2 amide bonds. The van der Waals surface area contributed by atoms with Crippen LogP contribution in [-0.2, 0) is 7.05 Å². The zero-order valence-corrected chi connectivity index (χ0v) is 10.1. The number of carbonyl (C=O) groups excluding carboxylic acids is 1. The lowest BCUT2D eigenvalue weighted by molar-refractivity contribution is 0.0692. The van der Waals surface area contributed by atoms with Gasteiger partial charge >= 0.3 is 12.0 Å². The Morgan fingerprint density at radius 2 is 2.16 bits per heavy atom. The molecule has 4 N–H and O–H groups in total. The van der Waals surface area contributed by atoms with Gasteiger partial charge < -0.3 is 15.4 Å². The van der Waals surface area contributed by atoms with E-state index in [2.05, 4.69) is 31.0 Å². The summed E-state index contributed by atoms with van der Waals surface area (Å²) in [5, 5.41) is 24.5. The number of anilines is 2. The van der Waals surface area contributed by atoms with Crippen molar-refractivity contribution in [3.8, 4) is 0 Å². The second-order valence-corrected chi connectivity index (χ2v) is 3.73. The molecule has 19 heavy (non-hydrogen) atoms. The highest BCUT2D eigenvalue weighted by molar-refractivity contribution is 6.03. The molecule has 0 aliphatic heterocycles. The number of aryl methyl sites for hydroxylation is 2. The minimum Gasteiger partial charge on any atom is -0.477 e. The molecule has 10 heteroatoms. The van der Waals surface area contributed by atoms with E-state index in [0.717, 1.165) is 0 Å². The summed E-state index contributed by atoms with van der Waals surface area (Å²) in [6.07, 6.45) is 0. The van der Waals surface area contributed by atoms with E-state index < -0.39 is 12.0 Å². The molecule has 0 unspecified atom stereocenters. The van der Waals surface area contributed by atoms with Crippen molar-refractivity contribution in [2.45, 2.75) is 6.92 Å². The first kappa shape index (κ1) is 12.5. The second kappa shape index (κ2) is 4.76. The minimum atomic E-state index is -1.17. The Labute approximate surface area is 106 Å². The summed E-state index contributed by atoms with van der Waals surface area (Å²) in [4.78, 5) is 26.4. The molecule has 2 rings (SSSR count). The molecular weight excluding hydrogens is 254 g/mol. The van der Waals surface area contributed by atoms with Crippen molar-refractivity contribution >= 4 is 23.6 Å². The maximum atomic E-state index is 11.6. The predicted molar refractivity (Wildman–Crippen MR) is 63.9 cm³/mol. The number of aromatic carboxylic acids is 1. The molecule has 0 radical (unpaired) electrons. The van der Waals surface area contributed by atoms with Crippen molar-refractivity contribution in [3.63, 3.8) is 0 Å². The number of aromatic amines is 1. The number of rotatable bonds is 3. The minimum absolute atomic E-state index is 0.0177. The summed E-state index contributed by atoms with van der Waals surface area (Å²) in [6.45, 7) is 1.68. The van der Waals surface area contributed by atoms with Gasteiger partial charge in [-0.25, -0.2) is 9.59 Å². The van der Waals surface area contributed by atoms with Crippen LogP contribution in [0.2, 0.25) is 0 Å². The molecular formula is C9H11N7O3. The van der Waals surface area contributed by atoms with Crippen LogP contribution in [-0.4, -0.2) is 42.3 Å². The molecule has 0 fully saturated rings. The first-order valence-corrected chi connectivity index (χ1v) is 5.20. The van der Waals surface area contributed by atoms with Gasteiger partial charge in [0, 0.05) is 5.69 Å². The van der Waals surface area contributed by atoms with E-state index in [-0.39, 0.29) is 17.3 Å². The number of carboxylic acid groups (broad SMARTS) is 1. The number of tetrazole rings is 1. The Bertz CT molecular complexity index is 630. The zero-order valence-electron chi connectivity index (χ0n) is 10.1. The molecule has 0 bridgehead atoms. The van der Waals surface area contributed by atoms with E-state index in [0.29, 0.717) is 5.69 Å². The molecule has 0 aliphatic carbocycles. The van der Waals surface area contributed by atoms with Crippen LogP contribution in [0.3, 0.4) is 0 Å². The largest absolute Gasteiger partial charge is 0.477 e. The number of carbonyl (C=O) groups is 2. The number of urea groups is 1. The molecule has 2 aromatic heterocycles. The first-order valence-electron chi connectivity index (χ1n) is 5.20. The van der Waals surface area contributed by atoms with E-state index >= 15 is 0 Å². The average molecular weight is 265 g/mol. The number of H-pyrrole nitrogens is 1. The maximum Gasteiger partial charge on any atom is 0.354 e. The number of carboxylic acids is 1. The summed E-state index contributed by atoms with van der Waals surface area (Å²) in [5.74, 6) is -1.15. The fraction of sp³-hybridized carbons (Fsp3) is 0.222. The number of amides is 2. The summed E-state index contributed by atoms with van der Waals surface area (Å²) in [7, 11) is 1.55. The van der Waals surface area contributed by atoms with Crippen molar-refractivity contribution in [1.82, 2.24) is 25.2 Å². The highest BCUT2D eigenvalue weighted by atomic mass is 16.4. The Hall–Kier alpha value is -2.91. The van der Waals surface area contributed by atoms with Gasteiger partial charge in [0.15, 0.2) is 0 Å². The average Bonchev–Trinajstić information content (AvgIpc) is 2.85. The lowest BCUT2D eigenvalue weighted by Crippen LogP contribution is -2.21. The summed E-state index contributed by atoms with van der Waals surface area (Å²) >= 11 is 0. The van der Waals surface area contributed by atoms with Gasteiger partial charge in [0.05, 0.1) is 12.7 Å². The molecule has 0 saturated carbocycles. The highest BCUT2D eigenvalue weighted by Gasteiger charge is 2.16.